The minimum absolute atomic E-state index is 0.0749. The predicted octanol–water partition coefficient (Wildman–Crippen LogP) is 3.05. The van der Waals surface area contributed by atoms with Crippen molar-refractivity contribution in [2.24, 2.45) is 0 Å². The van der Waals surface area contributed by atoms with E-state index in [0.29, 0.717) is 0 Å². The number of carbonyl (C=O) groups is 3. The van der Waals surface area contributed by atoms with Gasteiger partial charge in [0.2, 0.25) is 0 Å². The first-order valence-corrected chi connectivity index (χ1v) is 9.83. The molecule has 172 valence electrons. The molecule has 1 atom stereocenters. The molecule has 1 unspecified atom stereocenters. The quantitative estimate of drug-likeness (QED) is 0.575. The Balaban J connectivity index is 1.49. The Morgan fingerprint density at radius 1 is 1.03 bits per heavy atom. The molecule has 0 saturated heterocycles. The summed E-state index contributed by atoms with van der Waals surface area (Å²) in [7, 11) is 0. The molecule has 3 rings (SSSR count). The van der Waals surface area contributed by atoms with Crippen molar-refractivity contribution in [2.75, 3.05) is 13.2 Å². The van der Waals surface area contributed by atoms with E-state index in [4.69, 9.17) is 9.84 Å². The van der Waals surface area contributed by atoms with Gasteiger partial charge < -0.3 is 20.5 Å². The van der Waals surface area contributed by atoms with Gasteiger partial charge in [0.05, 0.1) is 13.0 Å². The molecule has 33 heavy (non-hydrogen) atoms. The zero-order valence-corrected chi connectivity index (χ0v) is 17.1. The third-order valence-electron chi connectivity index (χ3n) is 4.91. The highest BCUT2D eigenvalue weighted by molar-refractivity contribution is 5.96. The Labute approximate surface area is 186 Å². The number of alkyl carbamates (subject to hydrolysis) is 1. The molecule has 2 aromatic rings. The summed E-state index contributed by atoms with van der Waals surface area (Å²) in [4.78, 5) is 34.4. The van der Waals surface area contributed by atoms with Crippen molar-refractivity contribution in [1.82, 2.24) is 10.6 Å². The first kappa shape index (κ1) is 23.7. The highest BCUT2D eigenvalue weighted by atomic mass is 19.4. The summed E-state index contributed by atoms with van der Waals surface area (Å²) in [5.74, 6) is 0.987. The maximum Gasteiger partial charge on any atom is 0.407 e. The summed E-state index contributed by atoms with van der Waals surface area (Å²) >= 11 is 0. The van der Waals surface area contributed by atoms with Crippen LogP contribution in [0.1, 0.15) is 23.5 Å². The van der Waals surface area contributed by atoms with Crippen LogP contribution in [-0.4, -0.2) is 48.4 Å². The lowest BCUT2D eigenvalue weighted by Gasteiger charge is -2.14. The topological polar surface area (TPSA) is 105 Å². The number of amides is 2. The molecule has 0 heterocycles. The monoisotopic (exact) mass is 460 g/mol. The van der Waals surface area contributed by atoms with Crippen LogP contribution in [0.15, 0.2) is 48.5 Å². The lowest BCUT2D eigenvalue weighted by atomic mass is 9.98. The van der Waals surface area contributed by atoms with Crippen LogP contribution in [-0.2, 0) is 14.3 Å². The van der Waals surface area contributed by atoms with Crippen LogP contribution in [0.3, 0.4) is 0 Å². The molecule has 0 fully saturated rings. The van der Waals surface area contributed by atoms with Crippen molar-refractivity contribution in [3.05, 3.63) is 59.7 Å². The normalized spacial score (nSPS) is 13.1. The van der Waals surface area contributed by atoms with E-state index in [1.807, 2.05) is 54.5 Å². The minimum atomic E-state index is -4.77. The summed E-state index contributed by atoms with van der Waals surface area (Å²) in [5, 5.41) is 12.7. The Morgan fingerprint density at radius 3 is 2.15 bits per heavy atom. The maximum absolute atomic E-state index is 12.3. The number of hydrogen-bond donors (Lipinski definition) is 3. The van der Waals surface area contributed by atoms with Crippen molar-refractivity contribution in [1.29, 1.82) is 0 Å². The van der Waals surface area contributed by atoms with Crippen LogP contribution in [0.4, 0.5) is 18.0 Å². The number of rotatable bonds is 6. The predicted molar refractivity (Wildman–Crippen MR) is 111 cm³/mol. The first-order valence-electron chi connectivity index (χ1n) is 9.83. The molecular weight excluding hydrogens is 441 g/mol. The van der Waals surface area contributed by atoms with Gasteiger partial charge in [0.25, 0.3) is 5.91 Å². The Hall–Kier alpha value is -4.00. The summed E-state index contributed by atoms with van der Waals surface area (Å²) in [6.07, 6.45) is -7.28. The van der Waals surface area contributed by atoms with E-state index in [9.17, 15) is 27.6 Å². The van der Waals surface area contributed by atoms with Crippen LogP contribution in [0.5, 0.6) is 0 Å². The average molecular weight is 460 g/mol. The lowest BCUT2D eigenvalue weighted by molar-refractivity contribution is -0.159. The second-order valence-electron chi connectivity index (χ2n) is 7.16. The lowest BCUT2D eigenvalue weighted by Crippen LogP contribution is -2.43. The number of ether oxygens (including phenoxy) is 1. The fourth-order valence-electron chi connectivity index (χ4n) is 3.52. The van der Waals surface area contributed by atoms with Crippen molar-refractivity contribution < 1.29 is 37.4 Å². The van der Waals surface area contributed by atoms with Gasteiger partial charge in [-0.1, -0.05) is 54.5 Å². The van der Waals surface area contributed by atoms with Crippen LogP contribution < -0.4 is 10.6 Å². The molecule has 10 heteroatoms. The molecule has 0 bridgehead atoms. The van der Waals surface area contributed by atoms with Gasteiger partial charge in [0, 0.05) is 5.92 Å². The van der Waals surface area contributed by atoms with E-state index in [0.717, 1.165) is 22.3 Å². The number of hydrogen-bond acceptors (Lipinski definition) is 4. The van der Waals surface area contributed by atoms with Gasteiger partial charge in [0.15, 0.2) is 0 Å². The Bertz CT molecular complexity index is 1080. The molecule has 2 amide bonds. The number of alkyl halides is 3. The van der Waals surface area contributed by atoms with Crippen LogP contribution in [0.25, 0.3) is 11.1 Å². The van der Waals surface area contributed by atoms with E-state index in [-0.39, 0.29) is 19.1 Å². The third kappa shape index (κ3) is 6.26. The summed E-state index contributed by atoms with van der Waals surface area (Å²) < 4.78 is 42.3. The van der Waals surface area contributed by atoms with Crippen molar-refractivity contribution >= 4 is 18.0 Å². The molecule has 7 nitrogen and oxygen atoms in total. The zero-order valence-electron chi connectivity index (χ0n) is 17.1. The number of aliphatic carboxylic acids is 1. The second-order valence-corrected chi connectivity index (χ2v) is 7.16. The Morgan fingerprint density at radius 2 is 1.61 bits per heavy atom. The molecule has 0 spiro atoms. The Kier molecular flexibility index (Phi) is 7.23. The maximum atomic E-state index is 12.3. The molecule has 0 aromatic heterocycles. The molecule has 1 aliphatic carbocycles. The SMILES string of the molecule is O=C(C#CCNC(=O)OCC1c2ccccc2-c2ccccc21)NC(CC(F)(F)F)C(=O)O. The fourth-order valence-corrected chi connectivity index (χ4v) is 3.52. The van der Waals surface area contributed by atoms with E-state index < -0.39 is 36.6 Å². The summed E-state index contributed by atoms with van der Waals surface area (Å²) in [5.41, 5.74) is 4.22. The summed E-state index contributed by atoms with van der Waals surface area (Å²) in [6, 6.07) is 13.5. The van der Waals surface area contributed by atoms with Gasteiger partial charge in [-0.05, 0) is 28.2 Å². The van der Waals surface area contributed by atoms with Gasteiger partial charge in [-0.15, -0.1) is 0 Å². The van der Waals surface area contributed by atoms with Crippen LogP contribution in [0, 0.1) is 11.8 Å². The first-order chi connectivity index (χ1) is 15.7. The molecule has 1 aliphatic rings. The summed E-state index contributed by atoms with van der Waals surface area (Å²) in [6.45, 7) is -0.243. The van der Waals surface area contributed by atoms with E-state index >= 15 is 0 Å². The minimum Gasteiger partial charge on any atom is -0.480 e. The van der Waals surface area contributed by atoms with Crippen molar-refractivity contribution in [3.63, 3.8) is 0 Å². The molecule has 0 radical (unpaired) electrons. The second kappa shape index (κ2) is 10.1. The standard InChI is InChI=1S/C23H19F3N2O5/c24-23(25,26)12-19(21(30)31)28-20(29)10-5-11-27-22(32)33-13-18-16-8-3-1-6-14(16)15-7-2-4-9-17(15)18/h1-4,6-9,18-19H,11-13H2,(H,27,32)(H,28,29)(H,30,31). The zero-order chi connectivity index (χ0) is 24.0. The van der Waals surface area contributed by atoms with Crippen LogP contribution >= 0.6 is 0 Å². The molecule has 0 saturated carbocycles. The van der Waals surface area contributed by atoms with Gasteiger partial charge >= 0.3 is 18.2 Å². The van der Waals surface area contributed by atoms with Crippen molar-refractivity contribution in [2.45, 2.75) is 24.6 Å². The molecule has 3 N–H and O–H groups in total. The van der Waals surface area contributed by atoms with Gasteiger partial charge in [-0.25, -0.2) is 9.59 Å². The smallest absolute Gasteiger partial charge is 0.407 e. The highest BCUT2D eigenvalue weighted by Crippen LogP contribution is 2.44. The van der Waals surface area contributed by atoms with E-state index in [2.05, 4.69) is 11.2 Å². The largest absolute Gasteiger partial charge is 0.480 e. The molecule has 2 aromatic carbocycles. The number of carboxylic acids is 1. The third-order valence-corrected chi connectivity index (χ3v) is 4.91. The van der Waals surface area contributed by atoms with E-state index in [1.165, 1.54) is 0 Å². The average Bonchev–Trinajstić information content (AvgIpc) is 3.08. The van der Waals surface area contributed by atoms with Gasteiger partial charge in [-0.2, -0.15) is 13.2 Å². The molecular formula is C23H19F3N2O5. The number of fused-ring (bicyclic) bond motifs is 3. The number of benzene rings is 2. The van der Waals surface area contributed by atoms with E-state index in [1.54, 1.807) is 5.32 Å². The van der Waals surface area contributed by atoms with Gasteiger partial charge in [-0.3, -0.25) is 4.79 Å². The molecule has 0 aliphatic heterocycles. The number of carbonyl (C=O) groups excluding carboxylic acids is 2. The van der Waals surface area contributed by atoms with Gasteiger partial charge in [0.1, 0.15) is 12.6 Å². The number of halogens is 3. The van der Waals surface area contributed by atoms with Crippen molar-refractivity contribution in [3.8, 4) is 23.0 Å². The van der Waals surface area contributed by atoms with Crippen LogP contribution in [0.2, 0.25) is 0 Å². The highest BCUT2D eigenvalue weighted by Gasteiger charge is 2.36. The fraction of sp³-hybridized carbons (Fsp3) is 0.261. The number of nitrogens with one attached hydrogen (secondary N) is 2. The number of carboxylic acid groups (broad SMARTS) is 1.